The topological polar surface area (TPSA) is 15.3 Å². The fraction of sp³-hybridized carbons (Fsp3) is 1.00. The maximum atomic E-state index is 3.74. The highest BCUT2D eigenvalue weighted by Crippen LogP contribution is 2.26. The Morgan fingerprint density at radius 3 is 2.41 bits per heavy atom. The van der Waals surface area contributed by atoms with Crippen LogP contribution in [0, 0.1) is 5.92 Å². The summed E-state index contributed by atoms with van der Waals surface area (Å²) in [4.78, 5) is 2.82. The van der Waals surface area contributed by atoms with Crippen LogP contribution in [0.2, 0.25) is 0 Å². The maximum absolute atomic E-state index is 3.74. The van der Waals surface area contributed by atoms with Crippen LogP contribution in [0.25, 0.3) is 0 Å². The van der Waals surface area contributed by atoms with Gasteiger partial charge < -0.3 is 5.32 Å². The SMILES string of the molecule is CC(C)C1CN(C2CCCCC2)C(C)CCN1. The molecule has 0 aromatic rings. The van der Waals surface area contributed by atoms with E-state index in [0.717, 1.165) is 18.0 Å². The molecule has 2 fully saturated rings. The molecule has 2 unspecified atom stereocenters. The molecule has 1 aliphatic carbocycles. The zero-order chi connectivity index (χ0) is 12.3. The van der Waals surface area contributed by atoms with E-state index in [1.807, 2.05) is 0 Å². The van der Waals surface area contributed by atoms with Gasteiger partial charge >= 0.3 is 0 Å². The summed E-state index contributed by atoms with van der Waals surface area (Å²) in [5, 5.41) is 3.74. The summed E-state index contributed by atoms with van der Waals surface area (Å²) in [6.45, 7) is 9.61. The van der Waals surface area contributed by atoms with Gasteiger partial charge in [-0.05, 0) is 38.6 Å². The van der Waals surface area contributed by atoms with Gasteiger partial charge in [-0.25, -0.2) is 0 Å². The molecule has 2 rings (SSSR count). The Morgan fingerprint density at radius 1 is 1.06 bits per heavy atom. The second-order valence-electron chi connectivity index (χ2n) is 6.43. The zero-order valence-electron chi connectivity index (χ0n) is 11.9. The average Bonchev–Trinajstić information content (AvgIpc) is 2.52. The third-order valence-corrected chi connectivity index (χ3v) is 4.79. The van der Waals surface area contributed by atoms with E-state index in [2.05, 4.69) is 31.0 Å². The highest BCUT2D eigenvalue weighted by atomic mass is 15.2. The molecule has 2 nitrogen and oxygen atoms in total. The molecule has 17 heavy (non-hydrogen) atoms. The minimum absolute atomic E-state index is 0.696. The number of nitrogens with one attached hydrogen (secondary N) is 1. The Morgan fingerprint density at radius 2 is 1.76 bits per heavy atom. The van der Waals surface area contributed by atoms with Crippen LogP contribution >= 0.6 is 0 Å². The quantitative estimate of drug-likeness (QED) is 0.795. The first-order valence-corrected chi connectivity index (χ1v) is 7.67. The van der Waals surface area contributed by atoms with Gasteiger partial charge in [0.25, 0.3) is 0 Å². The summed E-state index contributed by atoms with van der Waals surface area (Å²) >= 11 is 0. The molecule has 1 N–H and O–H groups in total. The largest absolute Gasteiger partial charge is 0.312 e. The van der Waals surface area contributed by atoms with Crippen molar-refractivity contribution in [2.45, 2.75) is 77.4 Å². The Hall–Kier alpha value is -0.0800. The van der Waals surface area contributed by atoms with Gasteiger partial charge in [-0.2, -0.15) is 0 Å². The summed E-state index contributed by atoms with van der Waals surface area (Å²) in [7, 11) is 0. The first-order valence-electron chi connectivity index (χ1n) is 7.67. The minimum Gasteiger partial charge on any atom is -0.312 e. The zero-order valence-corrected chi connectivity index (χ0v) is 11.9. The maximum Gasteiger partial charge on any atom is 0.0218 e. The van der Waals surface area contributed by atoms with Crippen LogP contribution in [0.3, 0.4) is 0 Å². The molecule has 0 amide bonds. The van der Waals surface area contributed by atoms with Crippen molar-refractivity contribution in [3.63, 3.8) is 0 Å². The summed E-state index contributed by atoms with van der Waals surface area (Å²) in [6, 6.07) is 2.34. The molecule has 0 radical (unpaired) electrons. The van der Waals surface area contributed by atoms with Crippen molar-refractivity contribution >= 4 is 0 Å². The summed E-state index contributed by atoms with van der Waals surface area (Å²) in [6.07, 6.45) is 8.57. The first-order chi connectivity index (χ1) is 8.18. The molecule has 2 heteroatoms. The second kappa shape index (κ2) is 6.19. The van der Waals surface area contributed by atoms with Gasteiger partial charge in [0.05, 0.1) is 0 Å². The Balaban J connectivity index is 2.00. The predicted octanol–water partition coefficient (Wildman–Crippen LogP) is 3.03. The van der Waals surface area contributed by atoms with E-state index in [4.69, 9.17) is 0 Å². The van der Waals surface area contributed by atoms with Crippen molar-refractivity contribution in [3.8, 4) is 0 Å². The minimum atomic E-state index is 0.696. The van der Waals surface area contributed by atoms with Crippen molar-refractivity contribution in [1.29, 1.82) is 0 Å². The van der Waals surface area contributed by atoms with E-state index in [-0.39, 0.29) is 0 Å². The van der Waals surface area contributed by atoms with Crippen LogP contribution in [-0.4, -0.2) is 36.1 Å². The van der Waals surface area contributed by atoms with Crippen molar-refractivity contribution in [2.75, 3.05) is 13.1 Å². The van der Waals surface area contributed by atoms with Gasteiger partial charge in [-0.3, -0.25) is 4.90 Å². The van der Waals surface area contributed by atoms with Crippen LogP contribution in [0.1, 0.15) is 59.3 Å². The lowest BCUT2D eigenvalue weighted by molar-refractivity contribution is 0.104. The van der Waals surface area contributed by atoms with Gasteiger partial charge in [0.1, 0.15) is 0 Å². The molecular formula is C15H30N2. The molecule has 2 aliphatic rings. The molecule has 100 valence electrons. The molecule has 0 aromatic carbocycles. The summed E-state index contributed by atoms with van der Waals surface area (Å²) in [5.41, 5.74) is 0. The van der Waals surface area contributed by atoms with Crippen molar-refractivity contribution in [3.05, 3.63) is 0 Å². The molecule has 0 bridgehead atoms. The van der Waals surface area contributed by atoms with Gasteiger partial charge in [0.2, 0.25) is 0 Å². The lowest BCUT2D eigenvalue weighted by Crippen LogP contribution is -2.48. The van der Waals surface area contributed by atoms with E-state index in [0.29, 0.717) is 6.04 Å². The third-order valence-electron chi connectivity index (χ3n) is 4.79. The van der Waals surface area contributed by atoms with Gasteiger partial charge in [-0.15, -0.1) is 0 Å². The summed E-state index contributed by atoms with van der Waals surface area (Å²) in [5.74, 6) is 0.756. The third kappa shape index (κ3) is 3.45. The van der Waals surface area contributed by atoms with Gasteiger partial charge in [0.15, 0.2) is 0 Å². The predicted molar refractivity (Wildman–Crippen MR) is 74.3 cm³/mol. The molecule has 0 aromatic heterocycles. The first kappa shape index (κ1) is 13.4. The highest BCUT2D eigenvalue weighted by molar-refractivity contribution is 4.87. The molecule has 2 atom stereocenters. The van der Waals surface area contributed by atoms with Crippen molar-refractivity contribution in [1.82, 2.24) is 10.2 Å². The molecule has 1 heterocycles. The lowest BCUT2D eigenvalue weighted by atomic mass is 9.92. The number of rotatable bonds is 2. The molecular weight excluding hydrogens is 208 g/mol. The Kier molecular flexibility index (Phi) is 4.87. The van der Waals surface area contributed by atoms with E-state index in [9.17, 15) is 0 Å². The fourth-order valence-corrected chi connectivity index (χ4v) is 3.48. The Labute approximate surface area is 107 Å². The van der Waals surface area contributed by atoms with Crippen molar-refractivity contribution in [2.24, 2.45) is 5.92 Å². The molecule has 1 saturated carbocycles. The van der Waals surface area contributed by atoms with Crippen molar-refractivity contribution < 1.29 is 0 Å². The monoisotopic (exact) mass is 238 g/mol. The smallest absolute Gasteiger partial charge is 0.0218 e. The fourth-order valence-electron chi connectivity index (χ4n) is 3.48. The summed E-state index contributed by atoms with van der Waals surface area (Å²) < 4.78 is 0. The molecule has 1 aliphatic heterocycles. The van der Waals surface area contributed by atoms with E-state index in [1.165, 1.54) is 51.6 Å². The normalized spacial score (nSPS) is 33.9. The number of nitrogens with zero attached hydrogens (tertiary/aromatic N) is 1. The average molecular weight is 238 g/mol. The van der Waals surface area contributed by atoms with E-state index < -0.39 is 0 Å². The second-order valence-corrected chi connectivity index (χ2v) is 6.43. The number of hydrogen-bond donors (Lipinski definition) is 1. The van der Waals surface area contributed by atoms with Crippen LogP contribution in [0.5, 0.6) is 0 Å². The van der Waals surface area contributed by atoms with Crippen LogP contribution in [0.4, 0.5) is 0 Å². The van der Waals surface area contributed by atoms with Crippen LogP contribution < -0.4 is 5.32 Å². The van der Waals surface area contributed by atoms with E-state index >= 15 is 0 Å². The lowest BCUT2D eigenvalue weighted by Gasteiger charge is -2.39. The van der Waals surface area contributed by atoms with Crippen LogP contribution in [0.15, 0.2) is 0 Å². The molecule has 1 saturated heterocycles. The highest BCUT2D eigenvalue weighted by Gasteiger charge is 2.30. The van der Waals surface area contributed by atoms with Crippen LogP contribution in [-0.2, 0) is 0 Å². The standard InChI is InChI=1S/C15H30N2/c1-12(2)15-11-17(13(3)9-10-16-15)14-7-5-4-6-8-14/h12-16H,4-11H2,1-3H3. The molecule has 0 spiro atoms. The number of hydrogen-bond acceptors (Lipinski definition) is 2. The van der Waals surface area contributed by atoms with Gasteiger partial charge in [0, 0.05) is 24.7 Å². The van der Waals surface area contributed by atoms with Gasteiger partial charge in [-0.1, -0.05) is 33.1 Å². The Bertz CT molecular complexity index is 221. The van der Waals surface area contributed by atoms with E-state index in [1.54, 1.807) is 0 Å².